The van der Waals surface area contributed by atoms with Gasteiger partial charge in [-0.1, -0.05) is 66.2 Å². The van der Waals surface area contributed by atoms with E-state index in [1.807, 2.05) is 18.2 Å². The molecule has 0 radical (unpaired) electrons. The van der Waals surface area contributed by atoms with Crippen LogP contribution in [-0.2, 0) is 9.53 Å². The van der Waals surface area contributed by atoms with E-state index >= 15 is 0 Å². The van der Waals surface area contributed by atoms with Gasteiger partial charge in [-0.15, -0.1) is 0 Å². The molecule has 1 N–H and O–H groups in total. The van der Waals surface area contributed by atoms with E-state index in [0.29, 0.717) is 16.9 Å². The number of aryl methyl sites for hydroxylation is 1. The highest BCUT2D eigenvalue weighted by Gasteiger charge is 2.32. The van der Waals surface area contributed by atoms with Crippen LogP contribution in [0.5, 0.6) is 0 Å². The van der Waals surface area contributed by atoms with Gasteiger partial charge in [-0.3, -0.25) is 14.4 Å². The number of carbonyl (C=O) groups excluding carboxylic acids is 4. The average Bonchev–Trinajstić information content (AvgIpc) is 3.20. The maximum atomic E-state index is 13.1. The van der Waals surface area contributed by atoms with E-state index in [1.165, 1.54) is 16.8 Å². The summed E-state index contributed by atoms with van der Waals surface area (Å²) in [5.41, 5.74) is 2.09. The van der Waals surface area contributed by atoms with Crippen LogP contribution in [0.15, 0.2) is 72.8 Å². The molecule has 0 unspecified atom stereocenters. The summed E-state index contributed by atoms with van der Waals surface area (Å²) < 4.78 is 6.59. The van der Waals surface area contributed by atoms with Crippen molar-refractivity contribution in [1.82, 2.24) is 9.78 Å². The minimum absolute atomic E-state index is 0.0443. The molecule has 1 heterocycles. The third-order valence-corrected chi connectivity index (χ3v) is 6.12. The lowest BCUT2D eigenvalue weighted by molar-refractivity contribution is -0.119. The topological polar surface area (TPSA) is 107 Å². The number of carbonyl (C=O) groups is 4. The predicted octanol–water partition coefficient (Wildman–Crippen LogP) is 4.41. The molecule has 0 fully saturated rings. The van der Waals surface area contributed by atoms with Gasteiger partial charge < -0.3 is 10.1 Å². The van der Waals surface area contributed by atoms with Crippen molar-refractivity contribution in [3.05, 3.63) is 111 Å². The van der Waals surface area contributed by atoms with Gasteiger partial charge >= 0.3 is 5.97 Å². The van der Waals surface area contributed by atoms with Crippen LogP contribution < -0.4 is 5.32 Å². The first kappa shape index (κ1) is 23.2. The summed E-state index contributed by atoms with van der Waals surface area (Å²) in [5.74, 6) is -2.17. The Hall–Kier alpha value is -4.56. The van der Waals surface area contributed by atoms with Crippen LogP contribution in [0.1, 0.15) is 47.9 Å². The summed E-state index contributed by atoms with van der Waals surface area (Å²) in [6.45, 7) is 0.978. The van der Waals surface area contributed by atoms with Crippen LogP contribution >= 0.6 is 11.6 Å². The number of benzene rings is 3. The molecule has 0 spiro atoms. The molecule has 8 nitrogen and oxygen atoms in total. The number of halogens is 1. The van der Waals surface area contributed by atoms with Crippen LogP contribution in [0.3, 0.4) is 0 Å². The highest BCUT2D eigenvalue weighted by Crippen LogP contribution is 2.32. The minimum Gasteiger partial charge on any atom is -0.452 e. The number of nitrogens with one attached hydrogen (secondary N) is 1. The van der Waals surface area contributed by atoms with Crippen molar-refractivity contribution in [3.63, 3.8) is 0 Å². The molecule has 1 aliphatic rings. The summed E-state index contributed by atoms with van der Waals surface area (Å²) in [6.07, 6.45) is 0. The summed E-state index contributed by atoms with van der Waals surface area (Å²) in [5, 5.41) is 6.93. The fourth-order valence-electron chi connectivity index (χ4n) is 4.11. The Morgan fingerprint density at radius 1 is 0.889 bits per heavy atom. The van der Waals surface area contributed by atoms with E-state index in [1.54, 1.807) is 49.4 Å². The van der Waals surface area contributed by atoms with Gasteiger partial charge in [0.1, 0.15) is 10.7 Å². The van der Waals surface area contributed by atoms with Crippen LogP contribution in [0.2, 0.25) is 5.15 Å². The molecule has 9 heteroatoms. The number of ketones is 2. The summed E-state index contributed by atoms with van der Waals surface area (Å²) >= 11 is 6.38. The maximum Gasteiger partial charge on any atom is 0.343 e. The normalized spacial score (nSPS) is 12.1. The molecule has 178 valence electrons. The Balaban J connectivity index is 1.32. The Bertz CT molecular complexity index is 1560. The number of ether oxygens (including phenoxy) is 1. The number of aromatic nitrogens is 2. The lowest BCUT2D eigenvalue weighted by atomic mass is 9.83. The van der Waals surface area contributed by atoms with Crippen molar-refractivity contribution in [2.24, 2.45) is 0 Å². The fraction of sp³-hybridized carbons (Fsp3) is 0.0741. The monoisotopic (exact) mass is 499 g/mol. The predicted molar refractivity (Wildman–Crippen MR) is 132 cm³/mol. The molecule has 1 aromatic heterocycles. The van der Waals surface area contributed by atoms with Crippen molar-refractivity contribution >= 4 is 40.7 Å². The molecule has 0 saturated heterocycles. The quantitative estimate of drug-likeness (QED) is 0.359. The zero-order valence-electron chi connectivity index (χ0n) is 18.9. The molecule has 1 aliphatic carbocycles. The number of amides is 1. The van der Waals surface area contributed by atoms with E-state index in [4.69, 9.17) is 16.3 Å². The lowest BCUT2D eigenvalue weighted by Gasteiger charge is -2.20. The SMILES string of the molecule is Cc1nn(-c2ccccc2)c(Cl)c1C(=O)OCC(=O)Nc1cccc2c1C(=O)c1ccccc1C2=O. The summed E-state index contributed by atoms with van der Waals surface area (Å²) in [7, 11) is 0. The average molecular weight is 500 g/mol. The first-order valence-corrected chi connectivity index (χ1v) is 11.3. The molecular weight excluding hydrogens is 482 g/mol. The number of hydrogen-bond donors (Lipinski definition) is 1. The van der Waals surface area contributed by atoms with Gasteiger partial charge in [0.25, 0.3) is 5.91 Å². The van der Waals surface area contributed by atoms with Gasteiger partial charge in [-0.05, 0) is 25.1 Å². The molecule has 1 amide bonds. The van der Waals surface area contributed by atoms with E-state index in [9.17, 15) is 19.2 Å². The zero-order valence-corrected chi connectivity index (χ0v) is 19.7. The third-order valence-electron chi connectivity index (χ3n) is 5.77. The van der Waals surface area contributed by atoms with E-state index in [0.717, 1.165) is 0 Å². The standard InChI is InChI=1S/C27H18ClN3O5/c1-15-22(26(28)31(30-15)16-8-3-2-4-9-16)27(35)36-14-21(32)29-20-13-7-12-19-23(20)25(34)18-11-6-5-10-17(18)24(19)33/h2-13H,14H2,1H3,(H,29,32). The first-order chi connectivity index (χ1) is 17.4. The number of rotatable bonds is 5. The zero-order chi connectivity index (χ0) is 25.4. The molecule has 0 atom stereocenters. The van der Waals surface area contributed by atoms with Crippen molar-refractivity contribution in [1.29, 1.82) is 0 Å². The van der Waals surface area contributed by atoms with Crippen LogP contribution in [0.4, 0.5) is 5.69 Å². The number of fused-ring (bicyclic) bond motifs is 2. The van der Waals surface area contributed by atoms with Gasteiger partial charge in [-0.25, -0.2) is 9.48 Å². The van der Waals surface area contributed by atoms with Gasteiger partial charge in [-0.2, -0.15) is 5.10 Å². The Morgan fingerprint density at radius 3 is 2.25 bits per heavy atom. The number of para-hydroxylation sites is 1. The Kier molecular flexibility index (Phi) is 5.95. The molecule has 4 aromatic rings. The van der Waals surface area contributed by atoms with E-state index in [-0.39, 0.29) is 44.7 Å². The van der Waals surface area contributed by atoms with Gasteiger partial charge in [0.15, 0.2) is 18.2 Å². The van der Waals surface area contributed by atoms with E-state index in [2.05, 4.69) is 10.4 Å². The van der Waals surface area contributed by atoms with Crippen LogP contribution in [-0.4, -0.2) is 39.8 Å². The largest absolute Gasteiger partial charge is 0.452 e. The second-order valence-electron chi connectivity index (χ2n) is 8.05. The first-order valence-electron chi connectivity index (χ1n) is 11.0. The highest BCUT2D eigenvalue weighted by molar-refractivity contribution is 6.33. The lowest BCUT2D eigenvalue weighted by Crippen LogP contribution is -2.26. The van der Waals surface area contributed by atoms with Crippen molar-refractivity contribution < 1.29 is 23.9 Å². The summed E-state index contributed by atoms with van der Waals surface area (Å²) in [4.78, 5) is 51.3. The molecular formula is C27H18ClN3O5. The maximum absolute atomic E-state index is 13.1. The highest BCUT2D eigenvalue weighted by atomic mass is 35.5. The summed E-state index contributed by atoms with van der Waals surface area (Å²) in [6, 6.07) is 20.2. The number of esters is 1. The Morgan fingerprint density at radius 2 is 1.53 bits per heavy atom. The Labute approximate surface area is 210 Å². The van der Waals surface area contributed by atoms with Gasteiger partial charge in [0.2, 0.25) is 0 Å². The van der Waals surface area contributed by atoms with Crippen molar-refractivity contribution in [2.75, 3.05) is 11.9 Å². The second-order valence-corrected chi connectivity index (χ2v) is 8.41. The van der Waals surface area contributed by atoms with Gasteiger partial charge in [0.05, 0.1) is 22.6 Å². The molecule has 5 rings (SSSR count). The van der Waals surface area contributed by atoms with Crippen molar-refractivity contribution in [3.8, 4) is 5.69 Å². The smallest absolute Gasteiger partial charge is 0.343 e. The fourth-order valence-corrected chi connectivity index (χ4v) is 4.46. The third kappa shape index (κ3) is 3.97. The van der Waals surface area contributed by atoms with Gasteiger partial charge in [0, 0.05) is 16.7 Å². The van der Waals surface area contributed by atoms with Crippen LogP contribution in [0.25, 0.3) is 5.69 Å². The van der Waals surface area contributed by atoms with Crippen molar-refractivity contribution in [2.45, 2.75) is 6.92 Å². The molecule has 0 bridgehead atoms. The van der Waals surface area contributed by atoms with E-state index < -0.39 is 18.5 Å². The molecule has 36 heavy (non-hydrogen) atoms. The number of nitrogens with zero attached hydrogens (tertiary/aromatic N) is 2. The molecule has 3 aromatic carbocycles. The number of hydrogen-bond acceptors (Lipinski definition) is 6. The van der Waals surface area contributed by atoms with Crippen LogP contribution in [0, 0.1) is 6.92 Å². The second kappa shape index (κ2) is 9.24. The number of anilines is 1. The molecule has 0 saturated carbocycles. The molecule has 0 aliphatic heterocycles. The minimum atomic E-state index is -0.815.